The lowest BCUT2D eigenvalue weighted by atomic mass is 9.94. The van der Waals surface area contributed by atoms with Gasteiger partial charge in [0.05, 0.1) is 10.0 Å². The molecule has 0 spiro atoms. The first-order chi connectivity index (χ1) is 10.1. The van der Waals surface area contributed by atoms with Gasteiger partial charge in [-0.25, -0.2) is 8.78 Å². The molecule has 0 amide bonds. The second kappa shape index (κ2) is 7.14. The van der Waals surface area contributed by atoms with Gasteiger partial charge in [-0.3, -0.25) is 0 Å². The molecule has 0 aliphatic carbocycles. The van der Waals surface area contributed by atoms with Gasteiger partial charge in [-0.2, -0.15) is 0 Å². The highest BCUT2D eigenvalue weighted by atomic mass is 79.9. The molecule has 112 valence electrons. The van der Waals surface area contributed by atoms with Crippen molar-refractivity contribution in [1.29, 1.82) is 0 Å². The number of halogens is 3. The molecule has 21 heavy (non-hydrogen) atoms. The van der Waals surface area contributed by atoms with Gasteiger partial charge in [-0.1, -0.05) is 31.2 Å². The molecule has 0 heterocycles. The third-order valence-corrected chi connectivity index (χ3v) is 4.05. The fourth-order valence-corrected chi connectivity index (χ4v) is 2.68. The van der Waals surface area contributed by atoms with Crippen LogP contribution in [0.3, 0.4) is 0 Å². The van der Waals surface area contributed by atoms with Crippen molar-refractivity contribution >= 4 is 15.9 Å². The summed E-state index contributed by atoms with van der Waals surface area (Å²) in [5, 5.41) is 3.36. The van der Waals surface area contributed by atoms with Gasteiger partial charge < -0.3 is 5.32 Å². The SMILES string of the molecule is CCCNC(C)c1ccccc1-c1c(F)ccc(Br)c1F. The Kier molecular flexibility index (Phi) is 5.48. The predicted octanol–water partition coefficient (Wildman–Crippen LogP) is 5.45. The van der Waals surface area contributed by atoms with Crippen molar-refractivity contribution in [2.24, 2.45) is 0 Å². The monoisotopic (exact) mass is 353 g/mol. The third kappa shape index (κ3) is 3.50. The fourth-order valence-electron chi connectivity index (χ4n) is 2.35. The van der Waals surface area contributed by atoms with E-state index in [4.69, 9.17) is 0 Å². The van der Waals surface area contributed by atoms with E-state index in [1.54, 1.807) is 12.1 Å². The van der Waals surface area contributed by atoms with Crippen molar-refractivity contribution in [3.63, 3.8) is 0 Å². The van der Waals surface area contributed by atoms with Gasteiger partial charge in [-0.05, 0) is 59.1 Å². The van der Waals surface area contributed by atoms with Crippen molar-refractivity contribution in [2.75, 3.05) is 6.54 Å². The molecule has 1 atom stereocenters. The molecule has 0 radical (unpaired) electrons. The molecule has 1 N–H and O–H groups in total. The van der Waals surface area contributed by atoms with Gasteiger partial charge >= 0.3 is 0 Å². The Balaban J connectivity index is 2.53. The van der Waals surface area contributed by atoms with E-state index in [0.717, 1.165) is 18.5 Å². The molecule has 2 rings (SSSR count). The molecule has 0 bridgehead atoms. The highest BCUT2D eigenvalue weighted by Gasteiger charge is 2.19. The Bertz CT molecular complexity index is 628. The molecule has 4 heteroatoms. The molecule has 2 aromatic rings. The van der Waals surface area contributed by atoms with Gasteiger partial charge in [-0.15, -0.1) is 0 Å². The van der Waals surface area contributed by atoms with Crippen LogP contribution in [-0.4, -0.2) is 6.54 Å². The first-order valence-electron chi connectivity index (χ1n) is 7.02. The molecular formula is C17H18BrF2N. The summed E-state index contributed by atoms with van der Waals surface area (Å²) in [4.78, 5) is 0. The summed E-state index contributed by atoms with van der Waals surface area (Å²) < 4.78 is 28.7. The maximum atomic E-state index is 14.3. The third-order valence-electron chi connectivity index (χ3n) is 3.44. The molecule has 0 saturated heterocycles. The number of hydrogen-bond donors (Lipinski definition) is 1. The Morgan fingerprint density at radius 3 is 2.57 bits per heavy atom. The van der Waals surface area contributed by atoms with Crippen LogP contribution in [0.2, 0.25) is 0 Å². The maximum absolute atomic E-state index is 14.3. The summed E-state index contributed by atoms with van der Waals surface area (Å²) in [6.07, 6.45) is 1.01. The number of benzene rings is 2. The minimum Gasteiger partial charge on any atom is -0.310 e. The van der Waals surface area contributed by atoms with Gasteiger partial charge in [0, 0.05) is 6.04 Å². The van der Waals surface area contributed by atoms with E-state index < -0.39 is 11.6 Å². The van der Waals surface area contributed by atoms with Crippen molar-refractivity contribution in [3.8, 4) is 11.1 Å². The molecular weight excluding hydrogens is 336 g/mol. The first kappa shape index (κ1) is 16.1. The molecule has 1 unspecified atom stereocenters. The minimum absolute atomic E-state index is 0.0186. The zero-order valence-electron chi connectivity index (χ0n) is 12.1. The lowest BCUT2D eigenvalue weighted by molar-refractivity contribution is 0.566. The number of rotatable bonds is 5. The summed E-state index contributed by atoms with van der Waals surface area (Å²) in [6.45, 7) is 4.94. The minimum atomic E-state index is -0.565. The second-order valence-corrected chi connectivity index (χ2v) is 5.84. The molecule has 2 aromatic carbocycles. The Morgan fingerprint density at radius 1 is 1.14 bits per heavy atom. The normalized spacial score (nSPS) is 12.4. The van der Waals surface area contributed by atoms with E-state index in [0.29, 0.717) is 5.56 Å². The summed E-state index contributed by atoms with van der Waals surface area (Å²) in [5.74, 6) is -1.11. The largest absolute Gasteiger partial charge is 0.310 e. The van der Waals surface area contributed by atoms with Crippen molar-refractivity contribution in [1.82, 2.24) is 5.32 Å². The molecule has 1 nitrogen and oxygen atoms in total. The number of nitrogens with one attached hydrogen (secondary N) is 1. The predicted molar refractivity (Wildman–Crippen MR) is 86.2 cm³/mol. The summed E-state index contributed by atoms with van der Waals surface area (Å²) in [7, 11) is 0. The average Bonchev–Trinajstić information content (AvgIpc) is 2.49. The second-order valence-electron chi connectivity index (χ2n) is 4.98. The van der Waals surface area contributed by atoms with Gasteiger partial charge in [0.15, 0.2) is 0 Å². The zero-order chi connectivity index (χ0) is 15.4. The van der Waals surface area contributed by atoms with Crippen molar-refractivity contribution < 1.29 is 8.78 Å². The van der Waals surface area contributed by atoms with Crippen LogP contribution < -0.4 is 5.32 Å². The van der Waals surface area contributed by atoms with E-state index in [-0.39, 0.29) is 16.1 Å². The smallest absolute Gasteiger partial charge is 0.148 e. The molecule has 0 fully saturated rings. The van der Waals surface area contributed by atoms with Gasteiger partial charge in [0.25, 0.3) is 0 Å². The Labute approximate surface area is 132 Å². The topological polar surface area (TPSA) is 12.0 Å². The highest BCUT2D eigenvalue weighted by molar-refractivity contribution is 9.10. The Hall–Kier alpha value is -1.26. The fraction of sp³-hybridized carbons (Fsp3) is 0.294. The van der Waals surface area contributed by atoms with E-state index in [1.807, 2.05) is 19.1 Å². The van der Waals surface area contributed by atoms with Crippen LogP contribution in [0.15, 0.2) is 40.9 Å². The molecule has 0 saturated carbocycles. The zero-order valence-corrected chi connectivity index (χ0v) is 13.7. The lowest BCUT2D eigenvalue weighted by Crippen LogP contribution is -2.20. The van der Waals surface area contributed by atoms with Crippen LogP contribution >= 0.6 is 15.9 Å². The Morgan fingerprint density at radius 2 is 1.86 bits per heavy atom. The van der Waals surface area contributed by atoms with Crippen LogP contribution in [-0.2, 0) is 0 Å². The van der Waals surface area contributed by atoms with Gasteiger partial charge in [0.1, 0.15) is 11.6 Å². The van der Waals surface area contributed by atoms with E-state index in [1.165, 1.54) is 12.1 Å². The summed E-state index contributed by atoms with van der Waals surface area (Å²) in [6, 6.07) is 10.0. The van der Waals surface area contributed by atoms with Crippen molar-refractivity contribution in [2.45, 2.75) is 26.3 Å². The first-order valence-corrected chi connectivity index (χ1v) is 7.81. The average molecular weight is 354 g/mol. The van der Waals surface area contributed by atoms with Gasteiger partial charge in [0.2, 0.25) is 0 Å². The van der Waals surface area contributed by atoms with E-state index >= 15 is 0 Å². The van der Waals surface area contributed by atoms with Crippen LogP contribution in [0.5, 0.6) is 0 Å². The van der Waals surface area contributed by atoms with Crippen molar-refractivity contribution in [3.05, 3.63) is 58.1 Å². The summed E-state index contributed by atoms with van der Waals surface area (Å²) >= 11 is 3.12. The standard InChI is InChI=1S/C17H18BrF2N/c1-3-10-21-11(2)12-6-4-5-7-13(12)16-15(19)9-8-14(18)17(16)20/h4-9,11,21H,3,10H2,1-2H3. The van der Waals surface area contributed by atoms with Crippen LogP contribution in [0.1, 0.15) is 31.9 Å². The number of hydrogen-bond acceptors (Lipinski definition) is 1. The quantitative estimate of drug-likeness (QED) is 0.704. The lowest BCUT2D eigenvalue weighted by Gasteiger charge is -2.19. The van der Waals surface area contributed by atoms with Crippen LogP contribution in [0.4, 0.5) is 8.78 Å². The molecule has 0 aliphatic heterocycles. The highest BCUT2D eigenvalue weighted by Crippen LogP contribution is 2.34. The molecule has 0 aromatic heterocycles. The van der Waals surface area contributed by atoms with Crippen LogP contribution in [0, 0.1) is 11.6 Å². The maximum Gasteiger partial charge on any atom is 0.148 e. The van der Waals surface area contributed by atoms with E-state index in [2.05, 4.69) is 28.2 Å². The molecule has 0 aliphatic rings. The summed E-state index contributed by atoms with van der Waals surface area (Å²) in [5.41, 5.74) is 1.50. The van der Waals surface area contributed by atoms with E-state index in [9.17, 15) is 8.78 Å². The van der Waals surface area contributed by atoms with Crippen LogP contribution in [0.25, 0.3) is 11.1 Å².